The molecule has 1 unspecified atom stereocenters. The summed E-state index contributed by atoms with van der Waals surface area (Å²) in [4.78, 5) is 10.4. The Bertz CT molecular complexity index is 271. The van der Waals surface area contributed by atoms with Gasteiger partial charge in [0.1, 0.15) is 6.04 Å². The maximum Gasteiger partial charge on any atom is 0.320 e. The summed E-state index contributed by atoms with van der Waals surface area (Å²) in [6, 6.07) is 1.46. The molecule has 1 aliphatic rings. The van der Waals surface area contributed by atoms with Crippen LogP contribution in [-0.2, 0) is 4.79 Å². The van der Waals surface area contributed by atoms with Gasteiger partial charge in [-0.2, -0.15) is 17.0 Å². The van der Waals surface area contributed by atoms with Crippen molar-refractivity contribution in [1.29, 1.82) is 5.26 Å². The second-order valence-corrected chi connectivity index (χ2v) is 5.23. The van der Waals surface area contributed by atoms with Crippen molar-refractivity contribution in [2.75, 3.05) is 11.5 Å². The molecule has 1 fully saturated rings. The Morgan fingerprint density at radius 1 is 1.67 bits per heavy atom. The van der Waals surface area contributed by atoms with Gasteiger partial charge in [-0.05, 0) is 36.2 Å². The number of hydrogen-bond donors (Lipinski definition) is 2. The molecule has 0 aromatic carbocycles. The van der Waals surface area contributed by atoms with Crippen LogP contribution in [0, 0.1) is 16.7 Å². The molecule has 0 saturated heterocycles. The molecule has 1 rings (SSSR count). The van der Waals surface area contributed by atoms with Crippen molar-refractivity contribution >= 4 is 17.7 Å². The standard InChI is InChI=1S/C10H16N2O2S/c11-5-4-10(2-3-10)7-15-6-1-8(12)9(13)14/h8H,1-4,6-7,12H2,(H,13,14). The molecule has 4 nitrogen and oxygen atoms in total. The summed E-state index contributed by atoms with van der Waals surface area (Å²) < 4.78 is 0. The van der Waals surface area contributed by atoms with Crippen LogP contribution < -0.4 is 5.73 Å². The van der Waals surface area contributed by atoms with Gasteiger partial charge in [0.15, 0.2) is 0 Å². The van der Waals surface area contributed by atoms with E-state index < -0.39 is 12.0 Å². The third-order valence-electron chi connectivity index (χ3n) is 2.71. The van der Waals surface area contributed by atoms with E-state index in [4.69, 9.17) is 16.1 Å². The lowest BCUT2D eigenvalue weighted by molar-refractivity contribution is -0.138. The molecule has 5 heteroatoms. The molecule has 1 saturated carbocycles. The van der Waals surface area contributed by atoms with Crippen LogP contribution in [-0.4, -0.2) is 28.6 Å². The number of carboxylic acids is 1. The van der Waals surface area contributed by atoms with Crippen molar-refractivity contribution < 1.29 is 9.90 Å². The van der Waals surface area contributed by atoms with E-state index in [0.717, 1.165) is 24.3 Å². The molecule has 1 atom stereocenters. The van der Waals surface area contributed by atoms with Crippen molar-refractivity contribution in [3.8, 4) is 6.07 Å². The largest absolute Gasteiger partial charge is 0.480 e. The van der Waals surface area contributed by atoms with Crippen LogP contribution in [0.4, 0.5) is 0 Å². The number of carbonyl (C=O) groups is 1. The Morgan fingerprint density at radius 3 is 2.80 bits per heavy atom. The summed E-state index contributed by atoms with van der Waals surface area (Å²) >= 11 is 1.71. The SMILES string of the molecule is N#CCC1(CSCCC(N)C(=O)O)CC1. The van der Waals surface area contributed by atoms with Gasteiger partial charge >= 0.3 is 5.97 Å². The second kappa shape index (κ2) is 5.38. The molecule has 0 bridgehead atoms. The number of aliphatic carboxylic acids is 1. The van der Waals surface area contributed by atoms with Crippen molar-refractivity contribution in [3.05, 3.63) is 0 Å². The van der Waals surface area contributed by atoms with Crippen molar-refractivity contribution in [2.24, 2.45) is 11.1 Å². The van der Waals surface area contributed by atoms with Crippen LogP contribution in [0.5, 0.6) is 0 Å². The highest BCUT2D eigenvalue weighted by molar-refractivity contribution is 7.99. The van der Waals surface area contributed by atoms with Crippen LogP contribution in [0.3, 0.4) is 0 Å². The number of hydrogen-bond acceptors (Lipinski definition) is 4. The van der Waals surface area contributed by atoms with Gasteiger partial charge in [-0.1, -0.05) is 0 Å². The summed E-state index contributed by atoms with van der Waals surface area (Å²) in [6.07, 6.45) is 3.41. The maximum absolute atomic E-state index is 10.4. The van der Waals surface area contributed by atoms with E-state index >= 15 is 0 Å². The minimum absolute atomic E-state index is 0.243. The Balaban J connectivity index is 2.07. The smallest absolute Gasteiger partial charge is 0.320 e. The first-order valence-corrected chi connectivity index (χ1v) is 6.18. The van der Waals surface area contributed by atoms with E-state index in [1.807, 2.05) is 0 Å². The zero-order chi connectivity index (χ0) is 11.3. The molecule has 0 aliphatic heterocycles. The molecule has 0 spiro atoms. The normalized spacial score (nSPS) is 19.2. The topological polar surface area (TPSA) is 87.1 Å². The minimum Gasteiger partial charge on any atom is -0.480 e. The van der Waals surface area contributed by atoms with Crippen molar-refractivity contribution in [1.82, 2.24) is 0 Å². The summed E-state index contributed by atoms with van der Waals surface area (Å²) in [5, 5.41) is 17.2. The van der Waals surface area contributed by atoms with Crippen LogP contribution in [0.15, 0.2) is 0 Å². The maximum atomic E-state index is 10.4. The van der Waals surface area contributed by atoms with Gasteiger partial charge in [0.2, 0.25) is 0 Å². The minimum atomic E-state index is -0.936. The Hall–Kier alpha value is -0.730. The van der Waals surface area contributed by atoms with Crippen molar-refractivity contribution in [3.63, 3.8) is 0 Å². The third-order valence-corrected chi connectivity index (χ3v) is 4.05. The second-order valence-electron chi connectivity index (χ2n) is 4.12. The van der Waals surface area contributed by atoms with Gasteiger partial charge in [-0.15, -0.1) is 0 Å². The van der Waals surface area contributed by atoms with Gasteiger partial charge in [0.05, 0.1) is 6.07 Å². The zero-order valence-electron chi connectivity index (χ0n) is 8.61. The summed E-state index contributed by atoms with van der Waals surface area (Å²) in [5.74, 6) is 0.793. The molecular weight excluding hydrogens is 212 g/mol. The molecule has 84 valence electrons. The first-order valence-electron chi connectivity index (χ1n) is 5.03. The van der Waals surface area contributed by atoms with E-state index in [1.165, 1.54) is 0 Å². The predicted octanol–water partition coefficient (Wildman–Crippen LogP) is 1.22. The van der Waals surface area contributed by atoms with E-state index in [-0.39, 0.29) is 5.41 Å². The first kappa shape index (κ1) is 12.3. The van der Waals surface area contributed by atoms with Gasteiger partial charge in [-0.3, -0.25) is 4.79 Å². The fraction of sp³-hybridized carbons (Fsp3) is 0.800. The molecule has 0 aromatic heterocycles. The van der Waals surface area contributed by atoms with Crippen LogP contribution in [0.2, 0.25) is 0 Å². The van der Waals surface area contributed by atoms with E-state index in [9.17, 15) is 4.79 Å². The number of carboxylic acid groups (broad SMARTS) is 1. The van der Waals surface area contributed by atoms with E-state index in [0.29, 0.717) is 12.8 Å². The fourth-order valence-corrected chi connectivity index (χ4v) is 2.73. The average Bonchev–Trinajstić information content (AvgIpc) is 2.93. The molecule has 0 aromatic rings. The number of nitrogens with zero attached hydrogens (tertiary/aromatic N) is 1. The quantitative estimate of drug-likeness (QED) is 0.640. The lowest BCUT2D eigenvalue weighted by Gasteiger charge is -2.10. The first-order chi connectivity index (χ1) is 7.09. The Morgan fingerprint density at radius 2 is 2.33 bits per heavy atom. The molecule has 3 N–H and O–H groups in total. The molecular formula is C10H16N2O2S. The lowest BCUT2D eigenvalue weighted by atomic mass is 10.1. The highest BCUT2D eigenvalue weighted by atomic mass is 32.2. The Kier molecular flexibility index (Phi) is 4.43. The third kappa shape index (κ3) is 4.10. The highest BCUT2D eigenvalue weighted by Gasteiger charge is 2.41. The van der Waals surface area contributed by atoms with Crippen LogP contribution >= 0.6 is 11.8 Å². The van der Waals surface area contributed by atoms with E-state index in [2.05, 4.69) is 6.07 Å². The van der Waals surface area contributed by atoms with Crippen molar-refractivity contribution in [2.45, 2.75) is 31.7 Å². The van der Waals surface area contributed by atoms with Crippen LogP contribution in [0.1, 0.15) is 25.7 Å². The zero-order valence-corrected chi connectivity index (χ0v) is 9.42. The Labute approximate surface area is 93.8 Å². The lowest BCUT2D eigenvalue weighted by Crippen LogP contribution is -2.30. The molecule has 0 heterocycles. The predicted molar refractivity (Wildman–Crippen MR) is 59.5 cm³/mol. The molecule has 0 radical (unpaired) electrons. The average molecular weight is 228 g/mol. The molecule has 0 amide bonds. The number of nitriles is 1. The summed E-state index contributed by atoms with van der Waals surface area (Å²) in [5.41, 5.74) is 5.62. The van der Waals surface area contributed by atoms with E-state index in [1.54, 1.807) is 11.8 Å². The molecule has 15 heavy (non-hydrogen) atoms. The van der Waals surface area contributed by atoms with Gasteiger partial charge < -0.3 is 10.8 Å². The summed E-state index contributed by atoms with van der Waals surface area (Å²) in [7, 11) is 0. The highest BCUT2D eigenvalue weighted by Crippen LogP contribution is 2.50. The van der Waals surface area contributed by atoms with Crippen LogP contribution in [0.25, 0.3) is 0 Å². The van der Waals surface area contributed by atoms with Gasteiger partial charge in [0.25, 0.3) is 0 Å². The van der Waals surface area contributed by atoms with Gasteiger partial charge in [0, 0.05) is 6.42 Å². The molecule has 1 aliphatic carbocycles. The number of thioether (sulfide) groups is 1. The number of rotatable bonds is 7. The number of nitrogens with two attached hydrogens (primary N) is 1. The summed E-state index contributed by atoms with van der Waals surface area (Å²) in [6.45, 7) is 0. The fourth-order valence-electron chi connectivity index (χ4n) is 1.34. The monoisotopic (exact) mass is 228 g/mol. The van der Waals surface area contributed by atoms with Gasteiger partial charge in [-0.25, -0.2) is 0 Å².